The zero-order valence-corrected chi connectivity index (χ0v) is 8.39. The molecule has 1 aliphatic heterocycles. The summed E-state index contributed by atoms with van der Waals surface area (Å²) >= 11 is 0. The van der Waals surface area contributed by atoms with Crippen LogP contribution < -0.4 is 0 Å². The summed E-state index contributed by atoms with van der Waals surface area (Å²) in [7, 11) is 0. The molecule has 14 heavy (non-hydrogen) atoms. The van der Waals surface area contributed by atoms with Gasteiger partial charge >= 0.3 is 0 Å². The first-order valence-electron chi connectivity index (χ1n) is 5.02. The molecule has 0 bridgehead atoms. The van der Waals surface area contributed by atoms with Gasteiger partial charge in [0, 0.05) is 24.8 Å². The van der Waals surface area contributed by atoms with E-state index in [0.29, 0.717) is 12.0 Å². The average molecular weight is 196 g/mol. The molecule has 2 unspecified atom stereocenters. The van der Waals surface area contributed by atoms with Gasteiger partial charge in [0.15, 0.2) is 0 Å². The third kappa shape index (κ3) is 1.81. The molecular weight excluding hydrogens is 180 g/mol. The number of aromatic nitrogens is 2. The highest BCUT2D eigenvalue weighted by atomic mass is 16.5. The highest BCUT2D eigenvalue weighted by molar-refractivity contribution is 4.96. The minimum atomic E-state index is 0.0148. The molecule has 1 aromatic heterocycles. The van der Waals surface area contributed by atoms with Crippen LogP contribution in [-0.2, 0) is 11.3 Å². The number of aliphatic hydroxyl groups excluding tert-OH is 1. The summed E-state index contributed by atoms with van der Waals surface area (Å²) in [5.41, 5.74) is 0.732. The molecule has 1 aliphatic rings. The zero-order valence-electron chi connectivity index (χ0n) is 8.39. The van der Waals surface area contributed by atoms with E-state index in [-0.39, 0.29) is 6.61 Å². The van der Waals surface area contributed by atoms with Crippen molar-refractivity contribution in [1.82, 2.24) is 9.55 Å². The van der Waals surface area contributed by atoms with Crippen LogP contribution in [0.2, 0.25) is 0 Å². The third-order valence-electron chi connectivity index (χ3n) is 2.93. The van der Waals surface area contributed by atoms with Crippen LogP contribution in [0.3, 0.4) is 0 Å². The molecule has 0 saturated carbocycles. The van der Waals surface area contributed by atoms with E-state index < -0.39 is 0 Å². The van der Waals surface area contributed by atoms with Gasteiger partial charge in [-0.2, -0.15) is 0 Å². The number of nitrogens with zero attached hydrogens (tertiary/aromatic N) is 2. The second-order valence-electron chi connectivity index (χ2n) is 3.83. The molecule has 0 aromatic carbocycles. The van der Waals surface area contributed by atoms with E-state index in [1.54, 1.807) is 6.33 Å². The molecule has 78 valence electrons. The van der Waals surface area contributed by atoms with E-state index in [1.165, 1.54) is 0 Å². The Labute approximate surface area is 83.5 Å². The summed E-state index contributed by atoms with van der Waals surface area (Å²) in [5, 5.41) is 8.90. The standard InChI is InChI=1S/C10H16N2O2/c1-8(9-2-3-14-6-9)12-4-10(5-13)11-7-12/h4,7-9,13H,2-3,5-6H2,1H3. The lowest BCUT2D eigenvalue weighted by molar-refractivity contribution is 0.175. The summed E-state index contributed by atoms with van der Waals surface area (Å²) in [6.45, 7) is 3.90. The van der Waals surface area contributed by atoms with E-state index in [1.807, 2.05) is 6.20 Å². The Hall–Kier alpha value is -0.870. The van der Waals surface area contributed by atoms with Gasteiger partial charge in [0.2, 0.25) is 0 Å². The summed E-state index contributed by atoms with van der Waals surface area (Å²) in [4.78, 5) is 4.10. The van der Waals surface area contributed by atoms with Crippen molar-refractivity contribution in [2.45, 2.75) is 26.0 Å². The van der Waals surface area contributed by atoms with Crippen molar-refractivity contribution in [3.63, 3.8) is 0 Å². The highest BCUT2D eigenvalue weighted by Gasteiger charge is 2.23. The van der Waals surface area contributed by atoms with Crippen molar-refractivity contribution in [1.29, 1.82) is 0 Å². The first-order chi connectivity index (χ1) is 6.81. The molecule has 0 radical (unpaired) electrons. The van der Waals surface area contributed by atoms with E-state index in [0.717, 1.165) is 25.3 Å². The van der Waals surface area contributed by atoms with Crippen LogP contribution in [0.15, 0.2) is 12.5 Å². The van der Waals surface area contributed by atoms with Gasteiger partial charge in [-0.15, -0.1) is 0 Å². The van der Waals surface area contributed by atoms with Crippen molar-refractivity contribution in [3.05, 3.63) is 18.2 Å². The van der Waals surface area contributed by atoms with Crippen molar-refractivity contribution in [2.75, 3.05) is 13.2 Å². The number of hydrogen-bond acceptors (Lipinski definition) is 3. The second-order valence-corrected chi connectivity index (χ2v) is 3.83. The summed E-state index contributed by atoms with van der Waals surface area (Å²) < 4.78 is 7.41. The molecule has 1 fully saturated rings. The third-order valence-corrected chi connectivity index (χ3v) is 2.93. The van der Waals surface area contributed by atoms with Gasteiger partial charge in [-0.1, -0.05) is 0 Å². The van der Waals surface area contributed by atoms with E-state index in [2.05, 4.69) is 16.5 Å². The monoisotopic (exact) mass is 196 g/mol. The topological polar surface area (TPSA) is 47.3 Å². The van der Waals surface area contributed by atoms with Gasteiger partial charge in [-0.3, -0.25) is 0 Å². The van der Waals surface area contributed by atoms with Crippen LogP contribution >= 0.6 is 0 Å². The van der Waals surface area contributed by atoms with Gasteiger partial charge < -0.3 is 14.4 Å². The van der Waals surface area contributed by atoms with Gasteiger partial charge in [-0.25, -0.2) is 4.98 Å². The normalized spacial score (nSPS) is 24.0. The van der Waals surface area contributed by atoms with Crippen molar-refractivity contribution in [2.24, 2.45) is 5.92 Å². The van der Waals surface area contributed by atoms with Gasteiger partial charge in [-0.05, 0) is 13.3 Å². The fourth-order valence-electron chi connectivity index (χ4n) is 1.86. The number of aliphatic hydroxyl groups is 1. The van der Waals surface area contributed by atoms with Crippen LogP contribution in [0.5, 0.6) is 0 Å². The maximum atomic E-state index is 8.90. The Bertz CT molecular complexity index is 292. The van der Waals surface area contributed by atoms with Crippen molar-refractivity contribution >= 4 is 0 Å². The number of hydrogen-bond donors (Lipinski definition) is 1. The number of imidazole rings is 1. The molecule has 2 atom stereocenters. The maximum absolute atomic E-state index is 8.90. The number of rotatable bonds is 3. The van der Waals surface area contributed by atoms with Crippen LogP contribution in [0.25, 0.3) is 0 Å². The highest BCUT2D eigenvalue weighted by Crippen LogP contribution is 2.25. The Kier molecular flexibility index (Phi) is 2.84. The lowest BCUT2D eigenvalue weighted by Crippen LogP contribution is -2.15. The van der Waals surface area contributed by atoms with Crippen LogP contribution in [-0.4, -0.2) is 27.9 Å². The largest absolute Gasteiger partial charge is 0.390 e. The Morgan fingerprint density at radius 3 is 3.21 bits per heavy atom. The first-order valence-corrected chi connectivity index (χ1v) is 5.02. The van der Waals surface area contributed by atoms with Gasteiger partial charge in [0.05, 0.1) is 25.2 Å². The summed E-state index contributed by atoms with van der Waals surface area (Å²) in [6, 6.07) is 0.408. The minimum absolute atomic E-state index is 0.0148. The molecule has 4 heteroatoms. The molecule has 1 N–H and O–H groups in total. The minimum Gasteiger partial charge on any atom is -0.390 e. The van der Waals surface area contributed by atoms with Crippen LogP contribution in [0.1, 0.15) is 25.1 Å². The second kappa shape index (κ2) is 4.11. The fourth-order valence-corrected chi connectivity index (χ4v) is 1.86. The van der Waals surface area contributed by atoms with Crippen LogP contribution in [0, 0.1) is 5.92 Å². The lowest BCUT2D eigenvalue weighted by atomic mass is 10.0. The van der Waals surface area contributed by atoms with Gasteiger partial charge in [0.1, 0.15) is 0 Å². The molecule has 0 amide bonds. The molecule has 1 aromatic rings. The smallest absolute Gasteiger partial charge is 0.0953 e. The van der Waals surface area contributed by atoms with Crippen molar-refractivity contribution < 1.29 is 9.84 Å². The molecule has 0 spiro atoms. The molecule has 0 aliphatic carbocycles. The Morgan fingerprint density at radius 2 is 2.64 bits per heavy atom. The van der Waals surface area contributed by atoms with E-state index in [4.69, 9.17) is 9.84 Å². The van der Waals surface area contributed by atoms with Crippen LogP contribution in [0.4, 0.5) is 0 Å². The summed E-state index contributed by atoms with van der Waals surface area (Å²) in [6.07, 6.45) is 4.81. The molecule has 4 nitrogen and oxygen atoms in total. The lowest BCUT2D eigenvalue weighted by Gasteiger charge is -2.18. The van der Waals surface area contributed by atoms with Gasteiger partial charge in [0.25, 0.3) is 0 Å². The summed E-state index contributed by atoms with van der Waals surface area (Å²) in [5.74, 6) is 0.579. The quantitative estimate of drug-likeness (QED) is 0.783. The Morgan fingerprint density at radius 1 is 1.79 bits per heavy atom. The number of ether oxygens (including phenoxy) is 1. The van der Waals surface area contributed by atoms with E-state index in [9.17, 15) is 0 Å². The Balaban J connectivity index is 2.05. The first kappa shape index (κ1) is 9.68. The fraction of sp³-hybridized carbons (Fsp3) is 0.700. The molecular formula is C10H16N2O2. The van der Waals surface area contributed by atoms with Crippen molar-refractivity contribution in [3.8, 4) is 0 Å². The molecule has 1 saturated heterocycles. The molecule has 2 rings (SSSR count). The predicted molar refractivity (Wildman–Crippen MR) is 51.8 cm³/mol. The average Bonchev–Trinajstić information content (AvgIpc) is 2.88. The van der Waals surface area contributed by atoms with E-state index >= 15 is 0 Å². The zero-order chi connectivity index (χ0) is 9.97. The molecule has 2 heterocycles. The predicted octanol–water partition coefficient (Wildman–Crippen LogP) is 0.973. The maximum Gasteiger partial charge on any atom is 0.0953 e. The SMILES string of the molecule is CC(C1CCOC1)n1cnc(CO)c1.